The summed E-state index contributed by atoms with van der Waals surface area (Å²) in [5, 5.41) is 15.1. The molecule has 1 saturated heterocycles. The number of aromatic nitrogens is 3. The van der Waals surface area contributed by atoms with Crippen LogP contribution in [0.4, 0.5) is 5.82 Å². The van der Waals surface area contributed by atoms with Crippen LogP contribution in [0.3, 0.4) is 0 Å². The predicted octanol–water partition coefficient (Wildman–Crippen LogP) is 4.40. The van der Waals surface area contributed by atoms with Crippen LogP contribution in [0.25, 0.3) is 10.9 Å². The van der Waals surface area contributed by atoms with Crippen LogP contribution in [0.5, 0.6) is 0 Å². The van der Waals surface area contributed by atoms with Crippen molar-refractivity contribution in [2.75, 3.05) is 18.0 Å². The Morgan fingerprint density at radius 2 is 1.89 bits per heavy atom. The Hall–Kier alpha value is -2.65. The van der Waals surface area contributed by atoms with Crippen molar-refractivity contribution in [1.82, 2.24) is 15.1 Å². The fourth-order valence-corrected chi connectivity index (χ4v) is 3.89. The van der Waals surface area contributed by atoms with Gasteiger partial charge in [0.1, 0.15) is 5.82 Å². The second-order valence-corrected chi connectivity index (χ2v) is 7.76. The highest BCUT2D eigenvalue weighted by Crippen LogP contribution is 2.40. The highest BCUT2D eigenvalue weighted by Gasteiger charge is 2.32. The Labute approximate surface area is 161 Å². The van der Waals surface area contributed by atoms with E-state index in [0.29, 0.717) is 22.4 Å². The SMILES string of the molecule is N#Cc1cc(N2CCC(c3noc(C4CC4)n3)CC2)nc2ccc(Cl)cc12. The van der Waals surface area contributed by atoms with Gasteiger partial charge in [-0.3, -0.25) is 0 Å². The van der Waals surface area contributed by atoms with E-state index < -0.39 is 0 Å². The number of halogens is 1. The van der Waals surface area contributed by atoms with Gasteiger partial charge in [-0.05, 0) is 49.9 Å². The Bertz CT molecular complexity index is 1040. The summed E-state index contributed by atoms with van der Waals surface area (Å²) in [5.41, 5.74) is 1.40. The number of hydrogen-bond acceptors (Lipinski definition) is 6. The Balaban J connectivity index is 1.35. The van der Waals surface area contributed by atoms with Gasteiger partial charge < -0.3 is 9.42 Å². The van der Waals surface area contributed by atoms with Crippen LogP contribution in [0.1, 0.15) is 54.8 Å². The van der Waals surface area contributed by atoms with Gasteiger partial charge in [-0.1, -0.05) is 16.8 Å². The molecule has 5 rings (SSSR count). The van der Waals surface area contributed by atoms with Gasteiger partial charge in [-0.15, -0.1) is 0 Å². The Morgan fingerprint density at radius 3 is 2.63 bits per heavy atom. The van der Waals surface area contributed by atoms with Crippen molar-refractivity contribution in [2.45, 2.75) is 37.5 Å². The molecule has 0 radical (unpaired) electrons. The molecule has 6 nitrogen and oxygen atoms in total. The summed E-state index contributed by atoms with van der Waals surface area (Å²) in [6.07, 6.45) is 4.23. The van der Waals surface area contributed by atoms with Crippen LogP contribution < -0.4 is 4.90 Å². The van der Waals surface area contributed by atoms with E-state index >= 15 is 0 Å². The molecule has 0 unspecified atom stereocenters. The molecule has 2 aromatic heterocycles. The summed E-state index contributed by atoms with van der Waals surface area (Å²) >= 11 is 6.07. The van der Waals surface area contributed by atoms with Crippen LogP contribution in [0.2, 0.25) is 5.02 Å². The van der Waals surface area contributed by atoms with Crippen molar-refractivity contribution in [3.8, 4) is 6.07 Å². The third kappa shape index (κ3) is 3.13. The molecule has 3 heterocycles. The molecule has 1 saturated carbocycles. The number of hydrogen-bond donors (Lipinski definition) is 0. The molecule has 136 valence electrons. The number of anilines is 1. The average Bonchev–Trinajstić information content (AvgIpc) is 3.44. The minimum atomic E-state index is 0.326. The van der Waals surface area contributed by atoms with Crippen molar-refractivity contribution < 1.29 is 4.52 Å². The lowest BCUT2D eigenvalue weighted by atomic mass is 9.96. The number of nitriles is 1. The van der Waals surface area contributed by atoms with Gasteiger partial charge in [-0.25, -0.2) is 4.98 Å². The molecular formula is C20H18ClN5O. The van der Waals surface area contributed by atoms with Crippen LogP contribution in [0, 0.1) is 11.3 Å². The minimum Gasteiger partial charge on any atom is -0.357 e. The maximum atomic E-state index is 9.53. The highest BCUT2D eigenvalue weighted by atomic mass is 35.5. The molecule has 0 bridgehead atoms. The maximum absolute atomic E-state index is 9.53. The first-order chi connectivity index (χ1) is 13.2. The lowest BCUT2D eigenvalue weighted by Gasteiger charge is -2.31. The largest absolute Gasteiger partial charge is 0.357 e. The molecule has 2 aliphatic rings. The number of rotatable bonds is 3. The number of fused-ring (bicyclic) bond motifs is 1. The third-order valence-electron chi connectivity index (χ3n) is 5.45. The molecule has 1 aliphatic heterocycles. The predicted molar refractivity (Wildman–Crippen MR) is 102 cm³/mol. The summed E-state index contributed by atoms with van der Waals surface area (Å²) in [5.74, 6) is 3.31. The van der Waals surface area contributed by atoms with E-state index in [2.05, 4.69) is 21.1 Å². The highest BCUT2D eigenvalue weighted by molar-refractivity contribution is 6.31. The molecule has 1 aromatic carbocycles. The normalized spacial score (nSPS) is 18.0. The zero-order chi connectivity index (χ0) is 18.4. The van der Waals surface area contributed by atoms with E-state index in [1.54, 1.807) is 6.07 Å². The fraction of sp³-hybridized carbons (Fsp3) is 0.400. The van der Waals surface area contributed by atoms with E-state index in [0.717, 1.165) is 54.4 Å². The lowest BCUT2D eigenvalue weighted by Crippen LogP contribution is -2.33. The number of pyridine rings is 1. The summed E-state index contributed by atoms with van der Waals surface area (Å²) < 4.78 is 5.41. The zero-order valence-electron chi connectivity index (χ0n) is 14.7. The topological polar surface area (TPSA) is 78.8 Å². The van der Waals surface area contributed by atoms with Crippen LogP contribution in [0.15, 0.2) is 28.8 Å². The van der Waals surface area contributed by atoms with Crippen LogP contribution in [-0.4, -0.2) is 28.2 Å². The molecule has 7 heteroatoms. The summed E-state index contributed by atoms with van der Waals surface area (Å²) in [4.78, 5) is 11.6. The van der Waals surface area contributed by atoms with Gasteiger partial charge in [0.05, 0.1) is 17.1 Å². The van der Waals surface area contributed by atoms with E-state index in [4.69, 9.17) is 21.1 Å². The van der Waals surface area contributed by atoms with Gasteiger partial charge in [0.15, 0.2) is 5.82 Å². The summed E-state index contributed by atoms with van der Waals surface area (Å²) in [6.45, 7) is 1.71. The van der Waals surface area contributed by atoms with E-state index in [1.165, 1.54) is 12.8 Å². The van der Waals surface area contributed by atoms with Gasteiger partial charge in [-0.2, -0.15) is 10.2 Å². The van der Waals surface area contributed by atoms with E-state index in [9.17, 15) is 5.26 Å². The van der Waals surface area contributed by atoms with Crippen molar-refractivity contribution in [3.63, 3.8) is 0 Å². The number of benzene rings is 1. The molecular weight excluding hydrogens is 362 g/mol. The molecule has 3 aromatic rings. The first kappa shape index (κ1) is 16.5. The molecule has 0 spiro atoms. The molecule has 0 atom stereocenters. The maximum Gasteiger partial charge on any atom is 0.229 e. The van der Waals surface area contributed by atoms with Gasteiger partial charge >= 0.3 is 0 Å². The Kier molecular flexibility index (Phi) is 3.98. The standard InChI is InChI=1S/C20H18ClN5O/c21-15-3-4-17-16(10-15)14(11-22)9-18(23-17)26-7-5-12(6-8-26)19-24-20(27-25-19)13-1-2-13/h3-4,9-10,12-13H,1-2,5-8H2. The van der Waals surface area contributed by atoms with Crippen molar-refractivity contribution in [2.24, 2.45) is 0 Å². The van der Waals surface area contributed by atoms with Crippen molar-refractivity contribution in [3.05, 3.63) is 46.6 Å². The van der Waals surface area contributed by atoms with Gasteiger partial charge in [0, 0.05) is 35.3 Å². The smallest absolute Gasteiger partial charge is 0.229 e. The quantitative estimate of drug-likeness (QED) is 0.670. The van der Waals surface area contributed by atoms with Gasteiger partial charge in [0.25, 0.3) is 0 Å². The zero-order valence-corrected chi connectivity index (χ0v) is 15.5. The average molecular weight is 380 g/mol. The first-order valence-electron chi connectivity index (χ1n) is 9.30. The molecule has 1 aliphatic carbocycles. The molecule has 27 heavy (non-hydrogen) atoms. The van der Waals surface area contributed by atoms with Crippen molar-refractivity contribution >= 4 is 28.3 Å². The van der Waals surface area contributed by atoms with Crippen LogP contribution in [-0.2, 0) is 0 Å². The summed E-state index contributed by atoms with van der Waals surface area (Å²) in [6, 6.07) is 9.61. The minimum absolute atomic E-state index is 0.326. The first-order valence-corrected chi connectivity index (χ1v) is 9.68. The molecule has 0 N–H and O–H groups in total. The fourth-order valence-electron chi connectivity index (χ4n) is 3.71. The lowest BCUT2D eigenvalue weighted by molar-refractivity contribution is 0.364. The van der Waals surface area contributed by atoms with E-state index in [-0.39, 0.29) is 0 Å². The molecule has 2 fully saturated rings. The third-order valence-corrected chi connectivity index (χ3v) is 5.68. The van der Waals surface area contributed by atoms with Crippen molar-refractivity contribution in [1.29, 1.82) is 5.26 Å². The Morgan fingerprint density at radius 1 is 1.07 bits per heavy atom. The molecule has 0 amide bonds. The number of piperidine rings is 1. The summed E-state index contributed by atoms with van der Waals surface area (Å²) in [7, 11) is 0. The van der Waals surface area contributed by atoms with Crippen LogP contribution >= 0.6 is 11.6 Å². The number of nitrogens with zero attached hydrogens (tertiary/aromatic N) is 5. The second kappa shape index (κ2) is 6.50. The second-order valence-electron chi connectivity index (χ2n) is 7.33. The van der Waals surface area contributed by atoms with E-state index in [1.807, 2.05) is 18.2 Å². The van der Waals surface area contributed by atoms with Gasteiger partial charge in [0.2, 0.25) is 5.89 Å². The monoisotopic (exact) mass is 379 g/mol.